The molecule has 198 valence electrons. The second-order valence-electron chi connectivity index (χ2n) is 8.99. The summed E-state index contributed by atoms with van der Waals surface area (Å²) in [4.78, 5) is 37.1. The number of aliphatic hydroxyl groups is 2. The number of carbonyl (C=O) groups excluding carboxylic acids is 3. The lowest BCUT2D eigenvalue weighted by Crippen LogP contribution is -2.54. The van der Waals surface area contributed by atoms with Crippen LogP contribution in [-0.2, 0) is 32.9 Å². The van der Waals surface area contributed by atoms with Crippen LogP contribution in [0.3, 0.4) is 0 Å². The molecule has 2 aliphatic heterocycles. The number of aliphatic hydroxyl groups excluding tert-OH is 1. The van der Waals surface area contributed by atoms with E-state index in [1.165, 1.54) is 38.3 Å². The van der Waals surface area contributed by atoms with Gasteiger partial charge >= 0.3 is 13.7 Å². The number of hydrogen-bond acceptors (Lipinski definition) is 10. The first-order valence-corrected chi connectivity index (χ1v) is 12.9. The molecule has 1 aromatic carbocycles. The van der Waals surface area contributed by atoms with Gasteiger partial charge < -0.3 is 24.2 Å². The standard InChI is InChI=1S/C23H31N2O10P/c1-14(2)33-21(29)15(3)24-36(31,35-17-8-6-5-7-9-17)32-13-18-20(28)23(4,30)22(34-18)25-11-10-16(26)12-19(25)27/h5-11,14-15,18,20,22,28,30H,12-13H2,1-4H3,(H,24,31)/t15-,18+,20+,22+,23+,36-/m0/s1. The summed E-state index contributed by atoms with van der Waals surface area (Å²) in [5, 5.41) is 24.1. The second kappa shape index (κ2) is 11.2. The smallest absolute Gasteiger partial charge is 0.459 e. The van der Waals surface area contributed by atoms with E-state index in [4.69, 9.17) is 18.5 Å². The third-order valence-corrected chi connectivity index (χ3v) is 7.12. The molecule has 3 N–H and O–H groups in total. The Morgan fingerprint density at radius 3 is 2.56 bits per heavy atom. The highest BCUT2D eigenvalue weighted by molar-refractivity contribution is 7.52. The summed E-state index contributed by atoms with van der Waals surface area (Å²) in [6, 6.07) is 7.01. The van der Waals surface area contributed by atoms with E-state index in [1.807, 2.05) is 0 Å². The molecule has 1 saturated heterocycles. The summed E-state index contributed by atoms with van der Waals surface area (Å²) < 4.78 is 35.5. The van der Waals surface area contributed by atoms with Gasteiger partial charge in [-0.25, -0.2) is 4.57 Å². The number of amides is 1. The van der Waals surface area contributed by atoms with Crippen LogP contribution in [0, 0.1) is 0 Å². The third kappa shape index (κ3) is 6.58. The molecule has 3 rings (SSSR count). The van der Waals surface area contributed by atoms with Crippen LogP contribution in [0.5, 0.6) is 5.75 Å². The third-order valence-electron chi connectivity index (χ3n) is 5.48. The van der Waals surface area contributed by atoms with Gasteiger partial charge in [0.25, 0.3) is 0 Å². The number of carbonyl (C=O) groups is 3. The van der Waals surface area contributed by atoms with Gasteiger partial charge in [0.1, 0.15) is 29.6 Å². The highest BCUT2D eigenvalue weighted by Gasteiger charge is 2.56. The fourth-order valence-corrected chi connectivity index (χ4v) is 5.14. The van der Waals surface area contributed by atoms with Gasteiger partial charge in [-0.2, -0.15) is 5.09 Å². The monoisotopic (exact) mass is 526 g/mol. The number of ether oxygens (including phenoxy) is 2. The molecule has 1 aromatic rings. The molecule has 0 bridgehead atoms. The van der Waals surface area contributed by atoms with Gasteiger partial charge in [0.05, 0.1) is 19.1 Å². The first-order valence-electron chi connectivity index (χ1n) is 11.4. The van der Waals surface area contributed by atoms with Crippen molar-refractivity contribution in [2.45, 2.75) is 70.3 Å². The number of esters is 1. The van der Waals surface area contributed by atoms with Gasteiger partial charge in [-0.15, -0.1) is 0 Å². The summed E-state index contributed by atoms with van der Waals surface area (Å²) in [6.45, 7) is 5.48. The molecular weight excluding hydrogens is 495 g/mol. The van der Waals surface area contributed by atoms with E-state index in [2.05, 4.69) is 5.09 Å². The normalized spacial score (nSPS) is 28.8. The van der Waals surface area contributed by atoms with E-state index in [0.29, 0.717) is 0 Å². The molecular formula is C23H31N2O10P. The Labute approximate surface area is 208 Å². The van der Waals surface area contributed by atoms with Crippen LogP contribution in [0.15, 0.2) is 42.6 Å². The molecule has 2 aliphatic rings. The largest absolute Gasteiger partial charge is 0.462 e. The predicted molar refractivity (Wildman–Crippen MR) is 125 cm³/mol. The molecule has 0 saturated carbocycles. The van der Waals surface area contributed by atoms with Crippen molar-refractivity contribution in [3.63, 3.8) is 0 Å². The minimum atomic E-state index is -4.25. The number of nitrogens with one attached hydrogen (secondary N) is 1. The highest BCUT2D eigenvalue weighted by Crippen LogP contribution is 2.46. The van der Waals surface area contributed by atoms with E-state index in [1.54, 1.807) is 32.0 Å². The zero-order chi connectivity index (χ0) is 26.7. The van der Waals surface area contributed by atoms with Gasteiger partial charge in [0.2, 0.25) is 5.91 Å². The fourth-order valence-electron chi connectivity index (χ4n) is 3.64. The van der Waals surface area contributed by atoms with Gasteiger partial charge in [0, 0.05) is 6.20 Å². The summed E-state index contributed by atoms with van der Waals surface area (Å²) in [6.07, 6.45) is -2.60. The molecule has 0 unspecified atom stereocenters. The molecule has 0 radical (unpaired) electrons. The lowest BCUT2D eigenvalue weighted by Gasteiger charge is -2.34. The number of allylic oxidation sites excluding steroid dienone is 1. The number of nitrogens with zero attached hydrogens (tertiary/aromatic N) is 1. The minimum Gasteiger partial charge on any atom is -0.462 e. The molecule has 0 aromatic heterocycles. The van der Waals surface area contributed by atoms with Gasteiger partial charge in [0.15, 0.2) is 12.0 Å². The van der Waals surface area contributed by atoms with Crippen molar-refractivity contribution >= 4 is 25.4 Å². The molecule has 6 atom stereocenters. The van der Waals surface area contributed by atoms with Crippen molar-refractivity contribution in [1.82, 2.24) is 9.99 Å². The first-order chi connectivity index (χ1) is 16.8. The van der Waals surface area contributed by atoms with Crippen molar-refractivity contribution in [3.8, 4) is 5.75 Å². The molecule has 0 spiro atoms. The molecule has 0 aliphatic carbocycles. The van der Waals surface area contributed by atoms with Crippen LogP contribution in [0.4, 0.5) is 0 Å². The fraction of sp³-hybridized carbons (Fsp3) is 0.522. The molecule has 1 amide bonds. The van der Waals surface area contributed by atoms with Crippen LogP contribution in [0.1, 0.15) is 34.1 Å². The van der Waals surface area contributed by atoms with Crippen LogP contribution < -0.4 is 9.61 Å². The van der Waals surface area contributed by atoms with E-state index in [9.17, 15) is 29.2 Å². The van der Waals surface area contributed by atoms with Crippen molar-refractivity contribution < 1.29 is 47.7 Å². The Kier molecular flexibility index (Phi) is 8.71. The zero-order valence-electron chi connectivity index (χ0n) is 20.4. The Morgan fingerprint density at radius 1 is 1.28 bits per heavy atom. The number of rotatable bonds is 10. The first kappa shape index (κ1) is 28.0. The molecule has 2 heterocycles. The van der Waals surface area contributed by atoms with Crippen molar-refractivity contribution in [2.75, 3.05) is 6.61 Å². The van der Waals surface area contributed by atoms with Crippen LogP contribution in [0.2, 0.25) is 0 Å². The van der Waals surface area contributed by atoms with E-state index in [0.717, 1.165) is 4.90 Å². The topological polar surface area (TPSA) is 161 Å². The molecule has 36 heavy (non-hydrogen) atoms. The Morgan fingerprint density at radius 2 is 1.94 bits per heavy atom. The Balaban J connectivity index is 1.76. The van der Waals surface area contributed by atoms with Gasteiger partial charge in [-0.3, -0.25) is 23.8 Å². The SMILES string of the molecule is CC(C)OC(=O)[C@H](C)N[P@](=O)(OC[C@H]1O[C@@H](N2C=CC(=O)CC2=O)[C@](C)(O)[C@@H]1O)Oc1ccccc1. The zero-order valence-corrected chi connectivity index (χ0v) is 21.3. The van der Waals surface area contributed by atoms with Crippen molar-refractivity contribution in [1.29, 1.82) is 0 Å². The maximum atomic E-state index is 13.6. The summed E-state index contributed by atoms with van der Waals surface area (Å²) in [5.74, 6) is -1.51. The number of benzene rings is 1. The molecule has 13 heteroatoms. The van der Waals surface area contributed by atoms with Crippen molar-refractivity contribution in [3.05, 3.63) is 42.6 Å². The highest BCUT2D eigenvalue weighted by atomic mass is 31.2. The predicted octanol–water partition coefficient (Wildman–Crippen LogP) is 1.27. The number of hydrogen-bond donors (Lipinski definition) is 3. The maximum absolute atomic E-state index is 13.6. The van der Waals surface area contributed by atoms with Crippen LogP contribution in [-0.4, -0.2) is 75.6 Å². The van der Waals surface area contributed by atoms with Gasteiger partial charge in [-0.05, 0) is 45.9 Å². The van der Waals surface area contributed by atoms with Crippen LogP contribution in [0.25, 0.3) is 0 Å². The second-order valence-corrected chi connectivity index (χ2v) is 10.7. The van der Waals surface area contributed by atoms with Crippen molar-refractivity contribution in [2.24, 2.45) is 0 Å². The maximum Gasteiger partial charge on any atom is 0.459 e. The van der Waals surface area contributed by atoms with E-state index in [-0.39, 0.29) is 5.75 Å². The van der Waals surface area contributed by atoms with Gasteiger partial charge in [-0.1, -0.05) is 18.2 Å². The van der Waals surface area contributed by atoms with E-state index < -0.39 is 74.6 Å². The molecule has 12 nitrogen and oxygen atoms in total. The minimum absolute atomic E-state index is 0.184. The summed E-state index contributed by atoms with van der Waals surface area (Å²) in [5.41, 5.74) is -1.94. The van der Waals surface area contributed by atoms with Crippen LogP contribution >= 0.6 is 7.75 Å². The average Bonchev–Trinajstić information content (AvgIpc) is 3.01. The van der Waals surface area contributed by atoms with E-state index >= 15 is 0 Å². The lowest BCUT2D eigenvalue weighted by atomic mass is 9.95. The summed E-state index contributed by atoms with van der Waals surface area (Å²) in [7, 11) is -4.25. The number of para-hydroxylation sites is 1. The quantitative estimate of drug-likeness (QED) is 0.229. The Hall–Kier alpha value is -2.60. The number of ketones is 1. The summed E-state index contributed by atoms with van der Waals surface area (Å²) >= 11 is 0. The Bertz CT molecular complexity index is 1040. The lowest BCUT2D eigenvalue weighted by molar-refractivity contribution is -0.158. The average molecular weight is 526 g/mol. The molecule has 1 fully saturated rings.